The van der Waals surface area contributed by atoms with Crippen LogP contribution in [0.4, 0.5) is 0 Å². The molecule has 9 nitrogen and oxygen atoms in total. The van der Waals surface area contributed by atoms with Gasteiger partial charge in [0.05, 0.1) is 5.56 Å². The molecular weight excluding hydrogens is 566 g/mol. The lowest BCUT2D eigenvalue weighted by atomic mass is 9.83. The van der Waals surface area contributed by atoms with Gasteiger partial charge in [0.25, 0.3) is 0 Å². The summed E-state index contributed by atoms with van der Waals surface area (Å²) in [5.41, 5.74) is 6.10. The van der Waals surface area contributed by atoms with Crippen LogP contribution in [0.1, 0.15) is 0 Å². The molecule has 5 rings (SSSR count). The van der Waals surface area contributed by atoms with Gasteiger partial charge in [-0.3, -0.25) is 0 Å². The monoisotopic (exact) mass is 592 g/mol. The van der Waals surface area contributed by atoms with Gasteiger partial charge in [-0.2, -0.15) is 4.31 Å². The molecule has 0 unspecified atom stereocenters. The Labute approximate surface area is 236 Å². The van der Waals surface area contributed by atoms with Crippen LogP contribution in [0.5, 0.6) is 11.5 Å². The maximum atomic E-state index is 11.6. The minimum absolute atomic E-state index is 0.0680. The first-order chi connectivity index (χ1) is 19.5. The number of aromatic hydroxyl groups is 2. The summed E-state index contributed by atoms with van der Waals surface area (Å²) in [6.45, 7) is 0. The summed E-state index contributed by atoms with van der Waals surface area (Å²) < 4.78 is 22.2. The molecule has 210 valence electrons. The quantitative estimate of drug-likeness (QED) is 0.114. The van der Waals surface area contributed by atoms with Gasteiger partial charge in [0.1, 0.15) is 11.5 Å². The second-order valence-electron chi connectivity index (χ2n) is 8.72. The van der Waals surface area contributed by atoms with Crippen LogP contribution in [-0.2, 0) is 13.4 Å². The molecule has 0 aliphatic rings. The predicted molar refractivity (Wildman–Crippen MR) is 157 cm³/mol. The molecule has 0 fully saturated rings. The first-order valence-corrected chi connectivity index (χ1v) is 15.2. The van der Waals surface area contributed by atoms with E-state index < -0.39 is 15.6 Å². The summed E-state index contributed by atoms with van der Waals surface area (Å²) >= 11 is 0. The summed E-state index contributed by atoms with van der Waals surface area (Å²) in [4.78, 5) is 31.0. The van der Waals surface area contributed by atoms with Gasteiger partial charge in [0, 0.05) is 16.7 Å². The van der Waals surface area contributed by atoms with Gasteiger partial charge < -0.3 is 29.8 Å². The molecule has 0 aromatic heterocycles. The molecular formula is C30H26O9P2. The Morgan fingerprint density at radius 2 is 0.634 bits per heavy atom. The van der Waals surface area contributed by atoms with Crippen LogP contribution >= 0.6 is 15.6 Å². The maximum Gasteiger partial charge on any atom is 0.478 e. The Morgan fingerprint density at radius 3 is 0.878 bits per heavy atom. The third-order valence-corrected chi connectivity index (χ3v) is 7.61. The highest BCUT2D eigenvalue weighted by molar-refractivity contribution is 7.60. The van der Waals surface area contributed by atoms with Crippen LogP contribution in [0, 0.1) is 0 Å². The molecule has 6 N–H and O–H groups in total. The molecule has 0 spiro atoms. The van der Waals surface area contributed by atoms with Crippen LogP contribution in [0.25, 0.3) is 44.5 Å². The third-order valence-electron chi connectivity index (χ3n) is 5.91. The van der Waals surface area contributed by atoms with E-state index in [1.54, 1.807) is 0 Å². The van der Waals surface area contributed by atoms with E-state index in [0.717, 1.165) is 27.8 Å². The molecule has 0 atom stereocenters. The van der Waals surface area contributed by atoms with E-state index in [9.17, 15) is 19.3 Å². The molecule has 0 heterocycles. The molecule has 11 heteroatoms. The SMILES string of the molecule is O=P(O)(O)OP(=O)(O)O.Oc1c(-c2ccccc2)c(O)c(-c2ccccc2)c(-c2ccccc2)c1-c1ccccc1. The van der Waals surface area contributed by atoms with E-state index in [1.165, 1.54) is 0 Å². The Kier molecular flexibility index (Phi) is 9.23. The van der Waals surface area contributed by atoms with Crippen LogP contribution in [0.3, 0.4) is 0 Å². The van der Waals surface area contributed by atoms with Gasteiger partial charge in [-0.05, 0) is 22.3 Å². The Bertz CT molecular complexity index is 1620. The zero-order valence-corrected chi connectivity index (χ0v) is 23.1. The number of rotatable bonds is 6. The van der Waals surface area contributed by atoms with Crippen LogP contribution in [0.15, 0.2) is 121 Å². The second-order valence-corrected chi connectivity index (χ2v) is 11.3. The topological polar surface area (TPSA) is 165 Å². The van der Waals surface area contributed by atoms with Crippen molar-refractivity contribution in [3.8, 4) is 56.0 Å². The average Bonchev–Trinajstić information content (AvgIpc) is 2.93. The Morgan fingerprint density at radius 1 is 0.390 bits per heavy atom. The number of hydrogen-bond donors (Lipinski definition) is 6. The normalized spacial score (nSPS) is 11.4. The number of benzene rings is 5. The van der Waals surface area contributed by atoms with Crippen molar-refractivity contribution in [2.45, 2.75) is 0 Å². The van der Waals surface area contributed by atoms with Gasteiger partial charge in [-0.1, -0.05) is 121 Å². The van der Waals surface area contributed by atoms with Crippen molar-refractivity contribution in [3.05, 3.63) is 121 Å². The smallest absolute Gasteiger partial charge is 0.478 e. The Balaban J connectivity index is 0.000000374. The third kappa shape index (κ3) is 7.58. The van der Waals surface area contributed by atoms with Gasteiger partial charge in [0.15, 0.2) is 0 Å². The van der Waals surface area contributed by atoms with E-state index in [1.807, 2.05) is 121 Å². The summed E-state index contributed by atoms with van der Waals surface area (Å²) in [6, 6.07) is 39.2. The minimum Gasteiger partial charge on any atom is -0.506 e. The molecule has 0 aliphatic heterocycles. The molecule has 0 aliphatic carbocycles. The fraction of sp³-hybridized carbons (Fsp3) is 0. The fourth-order valence-electron chi connectivity index (χ4n) is 4.41. The summed E-state index contributed by atoms with van der Waals surface area (Å²) in [5.74, 6) is 0.136. The van der Waals surface area contributed by atoms with Gasteiger partial charge in [-0.15, -0.1) is 0 Å². The average molecular weight is 592 g/mol. The van der Waals surface area contributed by atoms with E-state index in [2.05, 4.69) is 4.31 Å². The molecule has 0 saturated heterocycles. The number of hydrogen-bond acceptors (Lipinski definition) is 5. The van der Waals surface area contributed by atoms with Crippen molar-refractivity contribution in [2.24, 2.45) is 0 Å². The lowest BCUT2D eigenvalue weighted by Gasteiger charge is -2.23. The molecule has 0 radical (unpaired) electrons. The predicted octanol–water partition coefficient (Wildman–Crippen LogP) is 6.95. The van der Waals surface area contributed by atoms with E-state index in [-0.39, 0.29) is 11.5 Å². The molecule has 5 aromatic carbocycles. The fourth-order valence-corrected chi connectivity index (χ4v) is 5.51. The zero-order chi connectivity index (χ0) is 29.6. The van der Waals surface area contributed by atoms with Crippen molar-refractivity contribution >= 4 is 15.6 Å². The number of phenols is 2. The van der Waals surface area contributed by atoms with E-state index in [0.29, 0.717) is 16.7 Å². The molecule has 0 amide bonds. The zero-order valence-electron chi connectivity index (χ0n) is 21.3. The maximum absolute atomic E-state index is 11.6. The van der Waals surface area contributed by atoms with Crippen molar-refractivity contribution in [3.63, 3.8) is 0 Å². The van der Waals surface area contributed by atoms with E-state index >= 15 is 0 Å². The van der Waals surface area contributed by atoms with Gasteiger partial charge >= 0.3 is 15.6 Å². The molecule has 0 bridgehead atoms. The van der Waals surface area contributed by atoms with E-state index in [4.69, 9.17) is 19.6 Å². The molecule has 0 saturated carbocycles. The van der Waals surface area contributed by atoms with Gasteiger partial charge in [-0.25, -0.2) is 9.13 Å². The van der Waals surface area contributed by atoms with Crippen molar-refractivity contribution in [1.29, 1.82) is 0 Å². The highest BCUT2D eigenvalue weighted by atomic mass is 31.3. The summed E-state index contributed by atoms with van der Waals surface area (Å²) in [7, 11) is -10.1. The van der Waals surface area contributed by atoms with Crippen molar-refractivity contribution < 1.29 is 43.2 Å². The van der Waals surface area contributed by atoms with Crippen molar-refractivity contribution in [2.75, 3.05) is 0 Å². The minimum atomic E-state index is -5.05. The molecule has 41 heavy (non-hydrogen) atoms. The van der Waals surface area contributed by atoms with Crippen LogP contribution < -0.4 is 0 Å². The molecule has 5 aromatic rings. The summed E-state index contributed by atoms with van der Waals surface area (Å²) in [5, 5.41) is 23.3. The number of phosphoric acid groups is 2. The highest BCUT2D eigenvalue weighted by Gasteiger charge is 2.28. The van der Waals surface area contributed by atoms with Crippen LogP contribution in [-0.4, -0.2) is 29.8 Å². The second kappa shape index (κ2) is 12.6. The first-order valence-electron chi connectivity index (χ1n) is 12.1. The Hall–Kier alpha value is -4.04. The van der Waals surface area contributed by atoms with Crippen molar-refractivity contribution in [1.82, 2.24) is 0 Å². The summed E-state index contributed by atoms with van der Waals surface area (Å²) in [6.07, 6.45) is 0. The highest BCUT2D eigenvalue weighted by Crippen LogP contribution is 2.55. The standard InChI is InChI=1S/C30H22O2.H4O7P2/c31-29-26(22-15-7-2-8-16-22)25(21-13-5-1-6-14-21)27(23-17-9-3-10-18-23)30(32)28(29)24-19-11-4-12-20-24;1-8(2,3)7-9(4,5)6/h1-20,31-32H;(H2,1,2,3)(H2,4,5,6). The lowest BCUT2D eigenvalue weighted by Crippen LogP contribution is -1.95. The number of phenolic OH excluding ortho intramolecular Hbond substituents is 2. The van der Waals surface area contributed by atoms with Crippen LogP contribution in [0.2, 0.25) is 0 Å². The van der Waals surface area contributed by atoms with Gasteiger partial charge in [0.2, 0.25) is 0 Å². The largest absolute Gasteiger partial charge is 0.506 e. The first kappa shape index (κ1) is 29.9. The lowest BCUT2D eigenvalue weighted by molar-refractivity contribution is 0.225.